The summed E-state index contributed by atoms with van der Waals surface area (Å²) in [6, 6.07) is -1.91. The lowest BCUT2D eigenvalue weighted by atomic mass is 9.94. The van der Waals surface area contributed by atoms with Gasteiger partial charge < -0.3 is 328 Å². The van der Waals surface area contributed by atoms with Crippen molar-refractivity contribution in [3.63, 3.8) is 0 Å². The van der Waals surface area contributed by atoms with E-state index in [9.17, 15) is 209 Å². The van der Waals surface area contributed by atoms with E-state index in [1.165, 1.54) is 0 Å². The summed E-state index contributed by atoms with van der Waals surface area (Å²) in [5, 5.41) is 451. The summed E-state index contributed by atoms with van der Waals surface area (Å²) in [5.74, 6) is -0.945. The second kappa shape index (κ2) is 52.6. The third-order valence-electron chi connectivity index (χ3n) is 27.6. The molecule has 0 aromatic carbocycles. The molecule has 13 saturated heterocycles. The van der Waals surface area contributed by atoms with Crippen molar-refractivity contribution in [2.24, 2.45) is 0 Å². The minimum Gasteiger partial charge on any atom is -0.394 e. The summed E-state index contributed by atoms with van der Waals surface area (Å²) < 4.78 is 148. The first kappa shape index (κ1) is 121. The number of hydrogen-bond donors (Lipinski definition) is 41. The predicted octanol–water partition coefficient (Wildman–Crippen LogP) is -29.2. The zero-order chi connectivity index (χ0) is 108. The Balaban J connectivity index is 0.831. The van der Waals surface area contributed by atoms with Crippen LogP contribution >= 0.6 is 0 Å². The van der Waals surface area contributed by atoms with E-state index >= 15 is 0 Å². The van der Waals surface area contributed by atoms with E-state index in [4.69, 9.17) is 118 Å². The van der Waals surface area contributed by atoms with E-state index in [2.05, 4.69) is 5.32 Å². The molecule has 65 atom stereocenters. The SMILES string of the molecule is CC(=O)N[C@@H]1[C@@H](O)[C@H](O[C@@H]2O[C@H](CO[C@H]3O[C@H](CO[C@H]4O[C@H](CO)[C@@H](O)[C@H](O)[C@@H]4O[C@H]4O[C@H](CO)[C@@H](O)[C@H](O)[C@@H]4O)[C@@H](O)[C@H](O[C@H]4O[C@H](CO)[C@@H](O)[C@H](O)[C@@H]4O[C@H]4O[C@H](CO)[C@@H](O)[C@H](O)[C@@H]4O)[C@@H]3O)[C@@H](O)[C@H](O[C@H]3O[C@H](CO)[C@@H](O)[C@H](O)[C@@H]3O[C@H]3O[C@H](CO)[C@@H](O)[C@H](O)[C@@H]3O[C@H]3O[C@H](CO)[C@@H](O)[C@H](O)[C@@H]3O[C@@H]3O[C@H](CO)[C@@H](O)[C@H](O)[C@H]3O[C@@H]3O[C@H](CO)[C@@H](O)[C@H](O)[C@H]3O[C@@H]3O[C@H](CO)[C@@H](O)[C@H](O)[C@H]3O)[C@@H]2O)[C@@H](CO)O[C@H]1O. The number of aliphatic hydroxyl groups excluding tert-OH is 40. The molecule has 0 spiro atoms. The van der Waals surface area contributed by atoms with Gasteiger partial charge in [0, 0.05) is 6.92 Å². The van der Waals surface area contributed by atoms with Crippen LogP contribution in [0.15, 0.2) is 0 Å². The highest BCUT2D eigenvalue weighted by Crippen LogP contribution is 2.44. The largest absolute Gasteiger partial charge is 0.394 e. The van der Waals surface area contributed by atoms with Gasteiger partial charge in [-0.3, -0.25) is 4.79 Å². The summed E-state index contributed by atoms with van der Waals surface area (Å²) in [7, 11) is 0. The van der Waals surface area contributed by atoms with Crippen LogP contribution in [0, 0.1) is 0 Å². The topological polar surface area (TPSA) is 1070 Å². The molecule has 13 fully saturated rings. The van der Waals surface area contributed by atoms with Crippen LogP contribution in [0.2, 0.25) is 0 Å². The summed E-state index contributed by atoms with van der Waals surface area (Å²) >= 11 is 0. The predicted molar refractivity (Wildman–Crippen MR) is 439 cm³/mol. The maximum Gasteiger partial charge on any atom is 0.217 e. The van der Waals surface area contributed by atoms with Gasteiger partial charge in [0.05, 0.1) is 85.9 Å². The van der Waals surface area contributed by atoms with Gasteiger partial charge in [-0.1, -0.05) is 0 Å². The molecule has 0 aromatic heterocycles. The van der Waals surface area contributed by atoms with Crippen molar-refractivity contribution in [3.8, 4) is 0 Å². The van der Waals surface area contributed by atoms with Crippen LogP contribution in [-0.2, 0) is 123 Å². The molecule has 13 aliphatic heterocycles. The number of aliphatic hydroxyl groups is 40. The third-order valence-corrected chi connectivity index (χ3v) is 27.6. The zero-order valence-corrected chi connectivity index (χ0v) is 77.2. The fourth-order valence-corrected chi connectivity index (χ4v) is 19.0. The van der Waals surface area contributed by atoms with Gasteiger partial charge in [0.1, 0.15) is 317 Å². The van der Waals surface area contributed by atoms with Crippen LogP contribution in [-0.4, -0.2) is 695 Å². The van der Waals surface area contributed by atoms with Crippen LogP contribution in [0.1, 0.15) is 6.92 Å². The van der Waals surface area contributed by atoms with E-state index in [1.54, 1.807) is 0 Å². The Kier molecular flexibility index (Phi) is 43.2. The summed E-state index contributed by atoms with van der Waals surface area (Å²) in [6.07, 6.45) is -147. The standard InChI is InChI=1S/C80H135NO66/c1-15(93)81-29-42(106)58(26(12-92)125-68(29)122)138-73-57(121)60(41(105)28(137-73)13-123-69-56(120)59(139-75-62(47(111)34(98)20(6-86)130-75)142-71-54(118)44(108)31(95)17(3-83)127-71)40(104)27(136-69)14-124-74-61(46(110)33(97)19(5-85)129-74)141-70-53(117)43(107)30(94)16(2-82)126-70)140-76-64(49(113)36(100)21(7-87)131-76)144-78-66(51(115)38(102)23(9-89)133-78)146-80-67(52(116)39(103)25(11-91)135-80)147-79-65(50(114)37(101)24(10-90)134-79)145-77-63(48(112)35(99)22(8-88)132-77)143-72-55(119)45(109)32(96)18(4-84)128-72/h16-80,82-92,94-122H,2-14H2,1H3,(H,81,93)/t16-,17-,18-,19-,20-,21-,22-,23-,24-,25-,26-,27-,28-,29-,30-,31-,32-,33-,34-,35-,36-,37-,38-,39-,40-,41-,42-,43+,44+,45+,46+,47+,48+,49+,50+,51+,52+,53+,54+,55-,56+,57+,58-,59+,60+,61+,62+,63-,64+,65-,66+,67+,68-,69+,70-,71-,72+,73+,74+,75-,76-,77+,78-,79+,80-/m1/s1. The van der Waals surface area contributed by atoms with E-state index in [1.807, 2.05) is 0 Å². The Morgan fingerprint density at radius 3 is 0.612 bits per heavy atom. The molecule has 1 amide bonds. The number of rotatable bonds is 38. The summed E-state index contributed by atoms with van der Waals surface area (Å²) in [5.41, 5.74) is 0. The first-order chi connectivity index (χ1) is 69.7. The molecule has 856 valence electrons. The molecular weight excluding hydrogens is 2030 g/mol. The van der Waals surface area contributed by atoms with E-state index < -0.39 is 491 Å². The average Bonchev–Trinajstić information content (AvgIpc) is 0.765. The number of nitrogens with one attached hydrogen (secondary N) is 1. The van der Waals surface area contributed by atoms with Gasteiger partial charge in [0.2, 0.25) is 5.91 Å². The van der Waals surface area contributed by atoms with Gasteiger partial charge in [0.25, 0.3) is 0 Å². The summed E-state index contributed by atoms with van der Waals surface area (Å²) in [4.78, 5) is 12.6. The van der Waals surface area contributed by atoms with Crippen molar-refractivity contribution in [2.75, 3.05) is 85.9 Å². The highest BCUT2D eigenvalue weighted by molar-refractivity contribution is 5.73. The molecule has 147 heavy (non-hydrogen) atoms. The van der Waals surface area contributed by atoms with Crippen LogP contribution in [0.5, 0.6) is 0 Å². The van der Waals surface area contributed by atoms with Crippen LogP contribution in [0.4, 0.5) is 0 Å². The lowest BCUT2D eigenvalue weighted by molar-refractivity contribution is -0.420. The van der Waals surface area contributed by atoms with Gasteiger partial charge in [-0.15, -0.1) is 0 Å². The Morgan fingerprint density at radius 1 is 0.177 bits per heavy atom. The Morgan fingerprint density at radius 2 is 0.361 bits per heavy atom. The molecule has 0 aliphatic carbocycles. The second-order valence-corrected chi connectivity index (χ2v) is 37.2. The van der Waals surface area contributed by atoms with Gasteiger partial charge in [-0.2, -0.15) is 0 Å². The lowest BCUT2D eigenvalue weighted by Gasteiger charge is -2.51. The fourth-order valence-electron chi connectivity index (χ4n) is 19.0. The van der Waals surface area contributed by atoms with Gasteiger partial charge in [-0.25, -0.2) is 0 Å². The van der Waals surface area contributed by atoms with Crippen molar-refractivity contribution in [1.29, 1.82) is 0 Å². The molecule has 0 bridgehead atoms. The van der Waals surface area contributed by atoms with Crippen LogP contribution in [0.3, 0.4) is 0 Å². The normalized spacial score (nSPS) is 52.9. The second-order valence-electron chi connectivity index (χ2n) is 37.2. The van der Waals surface area contributed by atoms with Crippen molar-refractivity contribution >= 4 is 5.91 Å². The fraction of sp³-hybridized carbons (Fsp3) is 0.988. The molecule has 67 heteroatoms. The number of amides is 1. The zero-order valence-electron chi connectivity index (χ0n) is 77.2. The van der Waals surface area contributed by atoms with Crippen LogP contribution in [0.25, 0.3) is 0 Å². The van der Waals surface area contributed by atoms with Crippen molar-refractivity contribution in [1.82, 2.24) is 5.32 Å². The number of ether oxygens (including phenoxy) is 25. The molecule has 0 saturated carbocycles. The van der Waals surface area contributed by atoms with E-state index in [0.717, 1.165) is 6.92 Å². The average molecular weight is 2170 g/mol. The van der Waals surface area contributed by atoms with E-state index in [-0.39, 0.29) is 0 Å². The molecule has 13 rings (SSSR count). The van der Waals surface area contributed by atoms with Crippen molar-refractivity contribution < 1.29 is 327 Å². The first-order valence-corrected chi connectivity index (χ1v) is 46.7. The third kappa shape index (κ3) is 25.6. The molecule has 67 nitrogen and oxygen atoms in total. The highest BCUT2D eigenvalue weighted by Gasteiger charge is 2.65. The smallest absolute Gasteiger partial charge is 0.217 e. The molecular formula is C80H135NO66. The minimum absolute atomic E-state index is 0.918. The lowest BCUT2D eigenvalue weighted by Crippen LogP contribution is -2.69. The number of carbonyl (C=O) groups is 1. The molecule has 13 heterocycles. The Labute approximate surface area is 828 Å². The Hall–Kier alpha value is -3.13. The molecule has 0 radical (unpaired) electrons. The molecule has 41 N–H and O–H groups in total. The maximum atomic E-state index is 12.9. The summed E-state index contributed by atoms with van der Waals surface area (Å²) in [6.45, 7) is -14.8. The molecule has 0 aromatic rings. The van der Waals surface area contributed by atoms with Crippen molar-refractivity contribution in [3.05, 3.63) is 0 Å². The van der Waals surface area contributed by atoms with Gasteiger partial charge in [0.15, 0.2) is 81.8 Å². The number of hydrogen-bond acceptors (Lipinski definition) is 66. The molecule has 0 unspecified atom stereocenters. The maximum absolute atomic E-state index is 12.9. The van der Waals surface area contributed by atoms with Crippen LogP contribution < -0.4 is 5.32 Å². The highest BCUT2D eigenvalue weighted by atomic mass is 16.8. The van der Waals surface area contributed by atoms with E-state index in [0.29, 0.717) is 0 Å². The first-order valence-electron chi connectivity index (χ1n) is 46.7. The quantitative estimate of drug-likeness (QED) is 0.0273. The van der Waals surface area contributed by atoms with Gasteiger partial charge >= 0.3 is 0 Å². The number of carbonyl (C=O) groups excluding carboxylic acids is 1. The van der Waals surface area contributed by atoms with Crippen molar-refractivity contribution in [2.45, 2.75) is 406 Å². The van der Waals surface area contributed by atoms with Gasteiger partial charge in [-0.05, 0) is 0 Å². The molecule has 13 aliphatic rings. The minimum atomic E-state index is -2.72. The Bertz CT molecular complexity index is 3940. The monoisotopic (exact) mass is 2170 g/mol.